The molecule has 0 aliphatic carbocycles. The Labute approximate surface area is 231 Å². The second-order valence-corrected chi connectivity index (χ2v) is 9.89. The maximum absolute atomic E-state index is 13.6. The highest BCUT2D eigenvalue weighted by Crippen LogP contribution is 2.33. The smallest absolute Gasteiger partial charge is 0.164 e. The SMILES string of the molecule is Cc1cc(-c2ccc(OCc3ccc(Cl)cc3)cc2)n2nc(Cc3ccc(F)cc3)c(-c3ccccc3)c2n1. The van der Waals surface area contributed by atoms with Crippen LogP contribution in [0.25, 0.3) is 28.0 Å². The molecule has 4 aromatic carbocycles. The van der Waals surface area contributed by atoms with Gasteiger partial charge in [0.2, 0.25) is 0 Å². The number of hydrogen-bond donors (Lipinski definition) is 0. The number of aromatic nitrogens is 3. The number of nitrogens with zero attached hydrogens (tertiary/aromatic N) is 3. The highest BCUT2D eigenvalue weighted by molar-refractivity contribution is 6.30. The number of halogens is 2. The summed E-state index contributed by atoms with van der Waals surface area (Å²) in [5.74, 6) is 0.523. The molecule has 0 aliphatic heterocycles. The van der Waals surface area contributed by atoms with Crippen LogP contribution in [0.2, 0.25) is 5.02 Å². The number of aryl methyl sites for hydroxylation is 1. The minimum atomic E-state index is -0.253. The van der Waals surface area contributed by atoms with E-state index in [9.17, 15) is 4.39 Å². The fourth-order valence-electron chi connectivity index (χ4n) is 4.68. The first-order valence-corrected chi connectivity index (χ1v) is 13.1. The normalized spacial score (nSPS) is 11.2. The van der Waals surface area contributed by atoms with Crippen LogP contribution in [0.3, 0.4) is 0 Å². The molecule has 192 valence electrons. The zero-order valence-electron chi connectivity index (χ0n) is 21.3. The first-order valence-electron chi connectivity index (χ1n) is 12.7. The molecule has 6 rings (SSSR count). The molecule has 0 radical (unpaired) electrons. The van der Waals surface area contributed by atoms with Crippen LogP contribution in [0.1, 0.15) is 22.5 Å². The summed E-state index contributed by atoms with van der Waals surface area (Å²) in [6, 6.07) is 34.4. The summed E-state index contributed by atoms with van der Waals surface area (Å²) in [5.41, 5.74) is 8.56. The maximum Gasteiger partial charge on any atom is 0.164 e. The quantitative estimate of drug-likeness (QED) is 0.207. The largest absolute Gasteiger partial charge is 0.489 e. The molecule has 0 fully saturated rings. The lowest BCUT2D eigenvalue weighted by molar-refractivity contribution is 0.306. The van der Waals surface area contributed by atoms with Crippen LogP contribution in [0.4, 0.5) is 4.39 Å². The van der Waals surface area contributed by atoms with Gasteiger partial charge in [0.25, 0.3) is 0 Å². The summed E-state index contributed by atoms with van der Waals surface area (Å²) in [4.78, 5) is 4.91. The van der Waals surface area contributed by atoms with E-state index in [1.54, 1.807) is 12.1 Å². The molecule has 0 saturated heterocycles. The van der Waals surface area contributed by atoms with Gasteiger partial charge in [-0.15, -0.1) is 0 Å². The van der Waals surface area contributed by atoms with E-state index in [2.05, 4.69) is 12.1 Å². The van der Waals surface area contributed by atoms with Gasteiger partial charge in [-0.3, -0.25) is 0 Å². The molecule has 0 unspecified atom stereocenters. The van der Waals surface area contributed by atoms with E-state index < -0.39 is 0 Å². The molecule has 6 heteroatoms. The van der Waals surface area contributed by atoms with Crippen molar-refractivity contribution in [1.82, 2.24) is 14.6 Å². The van der Waals surface area contributed by atoms with Crippen LogP contribution in [-0.4, -0.2) is 14.6 Å². The third kappa shape index (κ3) is 5.40. The molecule has 0 amide bonds. The fraction of sp³-hybridized carbons (Fsp3) is 0.0909. The Morgan fingerprint density at radius 3 is 2.21 bits per heavy atom. The van der Waals surface area contributed by atoms with Crippen molar-refractivity contribution >= 4 is 17.2 Å². The molecule has 2 aromatic heterocycles. The van der Waals surface area contributed by atoms with Crippen molar-refractivity contribution in [1.29, 1.82) is 0 Å². The van der Waals surface area contributed by atoms with Gasteiger partial charge in [-0.05, 0) is 78.2 Å². The Morgan fingerprint density at radius 1 is 0.795 bits per heavy atom. The Bertz CT molecular complexity index is 1730. The Balaban J connectivity index is 1.38. The average molecular weight is 534 g/mol. The van der Waals surface area contributed by atoms with Crippen LogP contribution in [-0.2, 0) is 13.0 Å². The molecular weight excluding hydrogens is 509 g/mol. The van der Waals surface area contributed by atoms with E-state index in [0.29, 0.717) is 18.1 Å². The molecule has 2 heterocycles. The van der Waals surface area contributed by atoms with E-state index >= 15 is 0 Å². The van der Waals surface area contributed by atoms with Gasteiger partial charge in [-0.2, -0.15) is 5.10 Å². The van der Waals surface area contributed by atoms with Crippen molar-refractivity contribution in [3.8, 4) is 28.1 Å². The standard InChI is InChI=1S/C33H25ClFN3O/c1-22-19-31(25-11-17-29(18-12-25)39-21-24-7-13-27(34)14-8-24)38-33(36-22)32(26-5-3-2-4-6-26)30(37-38)20-23-9-15-28(35)16-10-23/h2-19H,20-21H2,1H3. The summed E-state index contributed by atoms with van der Waals surface area (Å²) < 4.78 is 21.5. The fourth-order valence-corrected chi connectivity index (χ4v) is 4.80. The van der Waals surface area contributed by atoms with Crippen LogP contribution < -0.4 is 4.74 Å². The molecular formula is C33H25ClFN3O. The molecule has 0 N–H and O–H groups in total. The number of ether oxygens (including phenoxy) is 1. The second kappa shape index (κ2) is 10.7. The zero-order valence-corrected chi connectivity index (χ0v) is 22.1. The molecule has 39 heavy (non-hydrogen) atoms. The predicted octanol–water partition coefficient (Wildman–Crippen LogP) is 8.33. The summed E-state index contributed by atoms with van der Waals surface area (Å²) in [6.07, 6.45) is 0.559. The van der Waals surface area contributed by atoms with E-state index in [1.165, 1.54) is 12.1 Å². The summed E-state index contributed by atoms with van der Waals surface area (Å²) >= 11 is 5.98. The predicted molar refractivity (Wildman–Crippen MR) is 154 cm³/mol. The molecule has 0 atom stereocenters. The molecule has 0 spiro atoms. The van der Waals surface area contributed by atoms with E-state index in [1.807, 2.05) is 84.2 Å². The first-order chi connectivity index (χ1) is 19.0. The third-order valence-corrected chi connectivity index (χ3v) is 6.86. The van der Waals surface area contributed by atoms with Crippen molar-refractivity contribution < 1.29 is 9.13 Å². The van der Waals surface area contributed by atoms with Crippen LogP contribution in [0.15, 0.2) is 109 Å². The van der Waals surface area contributed by atoms with Gasteiger partial charge in [0.1, 0.15) is 18.2 Å². The Morgan fingerprint density at radius 2 is 1.49 bits per heavy atom. The highest BCUT2D eigenvalue weighted by atomic mass is 35.5. The third-order valence-electron chi connectivity index (χ3n) is 6.61. The van der Waals surface area contributed by atoms with Crippen molar-refractivity contribution in [2.24, 2.45) is 0 Å². The number of hydrogen-bond acceptors (Lipinski definition) is 3. The summed E-state index contributed by atoms with van der Waals surface area (Å²) in [5, 5.41) is 5.75. The molecule has 0 bridgehead atoms. The zero-order chi connectivity index (χ0) is 26.8. The van der Waals surface area contributed by atoms with E-state index in [-0.39, 0.29) is 5.82 Å². The van der Waals surface area contributed by atoms with Gasteiger partial charge in [0.15, 0.2) is 5.65 Å². The van der Waals surface area contributed by atoms with Gasteiger partial charge in [0, 0.05) is 22.7 Å². The monoisotopic (exact) mass is 533 g/mol. The summed E-state index contributed by atoms with van der Waals surface area (Å²) in [6.45, 7) is 2.45. The van der Waals surface area contributed by atoms with E-state index in [4.69, 9.17) is 26.4 Å². The molecule has 0 saturated carbocycles. The van der Waals surface area contributed by atoms with Crippen molar-refractivity contribution in [2.45, 2.75) is 20.0 Å². The topological polar surface area (TPSA) is 39.4 Å². The van der Waals surface area contributed by atoms with Crippen LogP contribution in [0.5, 0.6) is 5.75 Å². The molecule has 4 nitrogen and oxygen atoms in total. The Kier molecular flexibility index (Phi) is 6.82. The van der Waals surface area contributed by atoms with Crippen molar-refractivity contribution in [3.63, 3.8) is 0 Å². The van der Waals surface area contributed by atoms with Gasteiger partial charge in [-0.25, -0.2) is 13.9 Å². The van der Waals surface area contributed by atoms with Gasteiger partial charge in [-0.1, -0.05) is 66.2 Å². The van der Waals surface area contributed by atoms with Gasteiger partial charge >= 0.3 is 0 Å². The number of benzene rings is 4. The number of rotatable bonds is 7. The van der Waals surface area contributed by atoms with Crippen LogP contribution >= 0.6 is 11.6 Å². The Hall–Kier alpha value is -4.48. The minimum Gasteiger partial charge on any atom is -0.489 e. The van der Waals surface area contributed by atoms with Crippen LogP contribution in [0, 0.1) is 12.7 Å². The summed E-state index contributed by atoms with van der Waals surface area (Å²) in [7, 11) is 0. The molecule has 6 aromatic rings. The maximum atomic E-state index is 13.6. The lowest BCUT2D eigenvalue weighted by Gasteiger charge is -2.10. The van der Waals surface area contributed by atoms with E-state index in [0.717, 1.165) is 56.3 Å². The lowest BCUT2D eigenvalue weighted by atomic mass is 10.0. The lowest BCUT2D eigenvalue weighted by Crippen LogP contribution is -1.99. The average Bonchev–Trinajstić information content (AvgIpc) is 3.32. The minimum absolute atomic E-state index is 0.253. The van der Waals surface area contributed by atoms with Gasteiger partial charge in [0.05, 0.1) is 17.0 Å². The number of fused-ring (bicyclic) bond motifs is 1. The first kappa shape index (κ1) is 24.8. The van der Waals surface area contributed by atoms with Gasteiger partial charge < -0.3 is 4.74 Å². The molecule has 0 aliphatic rings. The second-order valence-electron chi connectivity index (χ2n) is 9.45. The van der Waals surface area contributed by atoms with Crippen molar-refractivity contribution in [3.05, 3.63) is 143 Å². The van der Waals surface area contributed by atoms with Crippen molar-refractivity contribution in [2.75, 3.05) is 0 Å². The highest BCUT2D eigenvalue weighted by Gasteiger charge is 2.19.